The lowest BCUT2D eigenvalue weighted by Gasteiger charge is -2.27. The predicted molar refractivity (Wildman–Crippen MR) is 238 cm³/mol. The van der Waals surface area contributed by atoms with Crippen LogP contribution in [0.2, 0.25) is 0 Å². The van der Waals surface area contributed by atoms with Crippen LogP contribution in [0.5, 0.6) is 0 Å². The van der Waals surface area contributed by atoms with Gasteiger partial charge in [-0.3, -0.25) is 9.59 Å². The van der Waals surface area contributed by atoms with Crippen LogP contribution in [0.4, 0.5) is 0 Å². The van der Waals surface area contributed by atoms with E-state index in [0.29, 0.717) is 31.3 Å². The van der Waals surface area contributed by atoms with Crippen molar-refractivity contribution in [3.63, 3.8) is 0 Å². The van der Waals surface area contributed by atoms with Crippen LogP contribution in [-0.4, -0.2) is 74.1 Å². The van der Waals surface area contributed by atoms with Gasteiger partial charge >= 0.3 is 11.9 Å². The normalized spacial score (nSPS) is 14.0. The standard InChI is InChI=1S/C49H97NO6/c1-8-12-15-16-21-30-45(29-20-13-9-2)36-40-55-48(52)32-24-23-31-47(54-7)42-50(38-26-19-27-39-51)37-25-18-17-22-33-49(53)56-46(41-43(5)6)35-34-44(11-4)28-14-10-3/h43-47,51H,8-42H2,1-7H3. The fraction of sp³-hybridized carbons (Fsp3) is 0.959. The summed E-state index contributed by atoms with van der Waals surface area (Å²) in [5, 5.41) is 9.28. The van der Waals surface area contributed by atoms with Gasteiger partial charge in [-0.25, -0.2) is 0 Å². The van der Waals surface area contributed by atoms with Crippen molar-refractivity contribution >= 4 is 11.9 Å². The van der Waals surface area contributed by atoms with Gasteiger partial charge in [0.1, 0.15) is 6.10 Å². The summed E-state index contributed by atoms with van der Waals surface area (Å²) in [6, 6.07) is 0. The molecule has 0 bridgehead atoms. The molecule has 4 unspecified atom stereocenters. The Morgan fingerprint density at radius 2 is 1.11 bits per heavy atom. The first-order valence-electron chi connectivity index (χ1n) is 24.4. The second-order valence-corrected chi connectivity index (χ2v) is 17.7. The molecule has 1 N–H and O–H groups in total. The first kappa shape index (κ1) is 54.8. The Labute approximate surface area is 348 Å². The number of esters is 2. The Kier molecular flexibility index (Phi) is 39.7. The molecule has 4 atom stereocenters. The summed E-state index contributed by atoms with van der Waals surface area (Å²) in [5.74, 6) is 1.89. The monoisotopic (exact) mass is 796 g/mol. The molecule has 56 heavy (non-hydrogen) atoms. The molecule has 0 aromatic carbocycles. The summed E-state index contributed by atoms with van der Waals surface area (Å²) in [6.45, 7) is 17.3. The molecule has 7 nitrogen and oxygen atoms in total. The van der Waals surface area contributed by atoms with E-state index in [4.69, 9.17) is 14.2 Å². The third-order valence-electron chi connectivity index (χ3n) is 11.9. The minimum atomic E-state index is -0.0497. The fourth-order valence-electron chi connectivity index (χ4n) is 8.12. The SMILES string of the molecule is CCCCCCCC(CCCCC)CCOC(=O)CCCCC(CN(CCCCCO)CCCCCCC(=O)OC(CCC(CC)CCCC)CC(C)C)OC. The van der Waals surface area contributed by atoms with Gasteiger partial charge < -0.3 is 24.2 Å². The van der Waals surface area contributed by atoms with Gasteiger partial charge in [-0.1, -0.05) is 151 Å². The number of carbonyl (C=O) groups is 2. The van der Waals surface area contributed by atoms with Gasteiger partial charge in [-0.05, 0) is 101 Å². The van der Waals surface area contributed by atoms with E-state index >= 15 is 0 Å². The highest BCUT2D eigenvalue weighted by Crippen LogP contribution is 2.24. The number of rotatable bonds is 43. The summed E-state index contributed by atoms with van der Waals surface area (Å²) in [4.78, 5) is 27.9. The highest BCUT2D eigenvalue weighted by Gasteiger charge is 2.19. The van der Waals surface area contributed by atoms with Crippen molar-refractivity contribution in [1.29, 1.82) is 0 Å². The number of nitrogens with zero attached hydrogens (tertiary/aromatic N) is 1. The van der Waals surface area contributed by atoms with Gasteiger partial charge in [0.05, 0.1) is 12.7 Å². The second-order valence-electron chi connectivity index (χ2n) is 17.7. The van der Waals surface area contributed by atoms with Gasteiger partial charge in [0, 0.05) is 33.1 Å². The number of hydrogen-bond acceptors (Lipinski definition) is 7. The fourth-order valence-corrected chi connectivity index (χ4v) is 8.12. The number of carbonyl (C=O) groups excluding carboxylic acids is 2. The number of aliphatic hydroxyl groups is 1. The maximum Gasteiger partial charge on any atom is 0.306 e. The maximum atomic E-state index is 12.8. The van der Waals surface area contributed by atoms with Gasteiger partial charge in [0.15, 0.2) is 0 Å². The van der Waals surface area contributed by atoms with Crippen molar-refractivity contribution < 1.29 is 28.9 Å². The van der Waals surface area contributed by atoms with Crippen LogP contribution in [0.25, 0.3) is 0 Å². The maximum absolute atomic E-state index is 12.8. The van der Waals surface area contributed by atoms with E-state index < -0.39 is 0 Å². The Balaban J connectivity index is 4.60. The zero-order valence-corrected chi connectivity index (χ0v) is 38.6. The molecule has 0 aliphatic rings. The zero-order valence-electron chi connectivity index (χ0n) is 38.6. The van der Waals surface area contributed by atoms with E-state index in [1.54, 1.807) is 0 Å². The van der Waals surface area contributed by atoms with Crippen molar-refractivity contribution in [2.24, 2.45) is 17.8 Å². The van der Waals surface area contributed by atoms with Gasteiger partial charge in [-0.15, -0.1) is 0 Å². The summed E-state index contributed by atoms with van der Waals surface area (Å²) in [7, 11) is 1.81. The number of methoxy groups -OCH3 is 1. The van der Waals surface area contributed by atoms with E-state index in [2.05, 4.69) is 46.4 Å². The quantitative estimate of drug-likeness (QED) is 0.0486. The van der Waals surface area contributed by atoms with Crippen LogP contribution in [0.1, 0.15) is 234 Å². The molecule has 7 heteroatoms. The van der Waals surface area contributed by atoms with E-state index in [1.807, 2.05) is 7.11 Å². The number of unbranched alkanes of at least 4 members (excludes halogenated alkanes) is 13. The number of hydrogen-bond donors (Lipinski definition) is 1. The minimum Gasteiger partial charge on any atom is -0.466 e. The molecular weight excluding hydrogens is 699 g/mol. The van der Waals surface area contributed by atoms with Gasteiger partial charge in [0.25, 0.3) is 0 Å². The molecule has 0 aromatic heterocycles. The van der Waals surface area contributed by atoms with Crippen LogP contribution in [0, 0.1) is 17.8 Å². The van der Waals surface area contributed by atoms with E-state index in [0.717, 1.165) is 115 Å². The van der Waals surface area contributed by atoms with Crippen molar-refractivity contribution in [3.05, 3.63) is 0 Å². The van der Waals surface area contributed by atoms with Crippen molar-refractivity contribution in [2.75, 3.05) is 40.0 Å². The zero-order chi connectivity index (χ0) is 41.5. The van der Waals surface area contributed by atoms with Crippen LogP contribution in [-0.2, 0) is 23.8 Å². The highest BCUT2D eigenvalue weighted by atomic mass is 16.5. The molecule has 0 rings (SSSR count). The molecule has 0 aliphatic heterocycles. The lowest BCUT2D eigenvalue weighted by Crippen LogP contribution is -2.35. The number of ether oxygens (including phenoxy) is 3. The van der Waals surface area contributed by atoms with Gasteiger partial charge in [-0.2, -0.15) is 0 Å². The lowest BCUT2D eigenvalue weighted by molar-refractivity contribution is -0.150. The van der Waals surface area contributed by atoms with Crippen LogP contribution in [0.15, 0.2) is 0 Å². The third kappa shape index (κ3) is 34.8. The molecule has 0 aliphatic carbocycles. The largest absolute Gasteiger partial charge is 0.466 e. The lowest BCUT2D eigenvalue weighted by atomic mass is 9.91. The molecule has 0 saturated carbocycles. The topological polar surface area (TPSA) is 85.3 Å². The molecule has 0 heterocycles. The predicted octanol–water partition coefficient (Wildman–Crippen LogP) is 13.4. The Bertz CT molecular complexity index is 852. The van der Waals surface area contributed by atoms with Crippen LogP contribution < -0.4 is 0 Å². The second kappa shape index (κ2) is 40.6. The molecule has 0 saturated heterocycles. The average Bonchev–Trinajstić information content (AvgIpc) is 3.18. The molecule has 334 valence electrons. The molecule has 0 amide bonds. The van der Waals surface area contributed by atoms with Crippen LogP contribution in [0.3, 0.4) is 0 Å². The van der Waals surface area contributed by atoms with Crippen molar-refractivity contribution in [1.82, 2.24) is 4.90 Å². The molecule has 0 fully saturated rings. The van der Waals surface area contributed by atoms with E-state index in [-0.39, 0.29) is 30.8 Å². The summed E-state index contributed by atoms with van der Waals surface area (Å²) in [5.41, 5.74) is 0. The third-order valence-corrected chi connectivity index (χ3v) is 11.9. The van der Waals surface area contributed by atoms with Crippen LogP contribution >= 0.6 is 0 Å². The smallest absolute Gasteiger partial charge is 0.306 e. The van der Waals surface area contributed by atoms with Crippen molar-refractivity contribution in [2.45, 2.75) is 246 Å². The summed E-state index contributed by atoms with van der Waals surface area (Å²) < 4.78 is 17.7. The number of aliphatic hydroxyl groups excluding tert-OH is 1. The van der Waals surface area contributed by atoms with Crippen molar-refractivity contribution in [3.8, 4) is 0 Å². The average molecular weight is 796 g/mol. The Morgan fingerprint density at radius 1 is 0.554 bits per heavy atom. The van der Waals surface area contributed by atoms with Gasteiger partial charge in [0.2, 0.25) is 0 Å². The minimum absolute atomic E-state index is 0.0195. The Hall–Kier alpha value is -1.18. The van der Waals surface area contributed by atoms with E-state index in [9.17, 15) is 14.7 Å². The first-order chi connectivity index (χ1) is 27.2. The summed E-state index contributed by atoms with van der Waals surface area (Å²) >= 11 is 0. The Morgan fingerprint density at radius 3 is 1.75 bits per heavy atom. The first-order valence-corrected chi connectivity index (χ1v) is 24.4. The highest BCUT2D eigenvalue weighted by molar-refractivity contribution is 5.69. The molecular formula is C49H97NO6. The van der Waals surface area contributed by atoms with E-state index in [1.165, 1.54) is 89.9 Å². The molecule has 0 radical (unpaired) electrons. The summed E-state index contributed by atoms with van der Waals surface area (Å²) in [6.07, 6.45) is 33.2. The molecule has 0 spiro atoms. The molecule has 0 aromatic rings.